The van der Waals surface area contributed by atoms with Gasteiger partial charge in [0.25, 0.3) is 0 Å². The zero-order chi connectivity index (χ0) is 28.4. The summed E-state index contributed by atoms with van der Waals surface area (Å²) in [4.78, 5) is 27.3. The average Bonchev–Trinajstić information content (AvgIpc) is 2.99. The second-order valence-corrected chi connectivity index (χ2v) is 9.65. The summed E-state index contributed by atoms with van der Waals surface area (Å²) in [6, 6.07) is 33.2. The maximum Gasteiger partial charge on any atom is 0.323 e. The number of fused-ring (bicyclic) bond motifs is 1. The molecule has 41 heavy (non-hydrogen) atoms. The molecular weight excluding hydrogens is 516 g/mol. The third kappa shape index (κ3) is 7.60. The number of benzene rings is 4. The van der Waals surface area contributed by atoms with Crippen molar-refractivity contribution in [3.8, 4) is 5.75 Å². The number of hydrogen-bond acceptors (Lipinski definition) is 5. The molecule has 5 N–H and O–H groups in total. The first-order valence-electron chi connectivity index (χ1n) is 13.5. The minimum atomic E-state index is -0.791. The molecule has 0 saturated heterocycles. The van der Waals surface area contributed by atoms with Crippen LogP contribution in [0.25, 0.3) is 10.9 Å². The molecule has 8 nitrogen and oxygen atoms in total. The van der Waals surface area contributed by atoms with Crippen LogP contribution in [-0.4, -0.2) is 29.2 Å². The standard InChI is InChI=1S/C33H32N4O4/c38-29(21-34-19-18-23-10-7-13-26(20-23)36-33(40)35-25-11-5-2-6-12-25)27-14-16-30(32-28(27)15-17-31(39)37-32)41-22-24-8-3-1-4-9-24/h1-17,20,29,34,38H,18-19,21-22H2,(H,37,39)(H2,35,36,40). The molecule has 1 heterocycles. The number of aromatic amines is 1. The van der Waals surface area contributed by atoms with Crippen LogP contribution in [0.2, 0.25) is 0 Å². The molecule has 8 heteroatoms. The summed E-state index contributed by atoms with van der Waals surface area (Å²) in [5.41, 5.74) is 4.51. The molecule has 0 aliphatic heterocycles. The Morgan fingerprint density at radius 3 is 2.32 bits per heavy atom. The Morgan fingerprint density at radius 1 is 0.805 bits per heavy atom. The predicted molar refractivity (Wildman–Crippen MR) is 162 cm³/mol. The van der Waals surface area contributed by atoms with E-state index in [1.807, 2.05) is 91.0 Å². The molecule has 208 valence electrons. The van der Waals surface area contributed by atoms with E-state index in [9.17, 15) is 14.7 Å². The Kier molecular flexibility index (Phi) is 9.05. The van der Waals surface area contributed by atoms with E-state index in [2.05, 4.69) is 20.9 Å². The van der Waals surface area contributed by atoms with Crippen LogP contribution >= 0.6 is 0 Å². The molecule has 0 saturated carbocycles. The highest BCUT2D eigenvalue weighted by atomic mass is 16.5. The number of carbonyl (C=O) groups is 1. The van der Waals surface area contributed by atoms with E-state index in [0.29, 0.717) is 48.6 Å². The highest BCUT2D eigenvalue weighted by Crippen LogP contribution is 2.30. The Morgan fingerprint density at radius 2 is 1.51 bits per heavy atom. The number of urea groups is 1. The molecule has 1 unspecified atom stereocenters. The Bertz CT molecular complexity index is 1660. The van der Waals surface area contributed by atoms with Gasteiger partial charge in [-0.15, -0.1) is 0 Å². The number of H-pyrrole nitrogens is 1. The zero-order valence-corrected chi connectivity index (χ0v) is 22.5. The molecule has 5 rings (SSSR count). The SMILES string of the molecule is O=C(Nc1ccccc1)Nc1cccc(CCNCC(O)c2ccc(OCc3ccccc3)c3[nH]c(=O)ccc23)c1. The fraction of sp³-hybridized carbons (Fsp3) is 0.152. The van der Waals surface area contributed by atoms with Crippen LogP contribution < -0.4 is 26.2 Å². The highest BCUT2D eigenvalue weighted by molar-refractivity contribution is 5.99. The largest absolute Gasteiger partial charge is 0.487 e. The van der Waals surface area contributed by atoms with Gasteiger partial charge in [-0.05, 0) is 66.1 Å². The topological polar surface area (TPSA) is 115 Å². The van der Waals surface area contributed by atoms with Crippen LogP contribution in [0.15, 0.2) is 114 Å². The minimum Gasteiger partial charge on any atom is -0.487 e. The van der Waals surface area contributed by atoms with Gasteiger partial charge in [-0.2, -0.15) is 0 Å². The number of carbonyl (C=O) groups excluding carboxylic acids is 1. The molecule has 1 aromatic heterocycles. The van der Waals surface area contributed by atoms with Gasteiger partial charge in [0, 0.05) is 29.4 Å². The van der Waals surface area contributed by atoms with Crippen molar-refractivity contribution < 1.29 is 14.6 Å². The second kappa shape index (κ2) is 13.4. The van der Waals surface area contributed by atoms with E-state index < -0.39 is 6.10 Å². The fourth-order valence-corrected chi connectivity index (χ4v) is 4.60. The summed E-state index contributed by atoms with van der Waals surface area (Å²) in [6.07, 6.45) is -0.0793. The van der Waals surface area contributed by atoms with Gasteiger partial charge in [0.05, 0.1) is 11.6 Å². The lowest BCUT2D eigenvalue weighted by Crippen LogP contribution is -2.24. The third-order valence-electron chi connectivity index (χ3n) is 6.63. The number of nitrogens with one attached hydrogen (secondary N) is 4. The van der Waals surface area contributed by atoms with Gasteiger partial charge in [-0.3, -0.25) is 4.79 Å². The van der Waals surface area contributed by atoms with Crippen molar-refractivity contribution in [3.63, 3.8) is 0 Å². The first kappa shape index (κ1) is 27.6. The van der Waals surface area contributed by atoms with Gasteiger partial charge in [0.2, 0.25) is 5.56 Å². The van der Waals surface area contributed by atoms with E-state index >= 15 is 0 Å². The number of amides is 2. The summed E-state index contributed by atoms with van der Waals surface area (Å²) in [5, 5.41) is 20.7. The van der Waals surface area contributed by atoms with E-state index in [0.717, 1.165) is 22.2 Å². The minimum absolute atomic E-state index is 0.235. The number of aromatic nitrogens is 1. The molecule has 0 aliphatic rings. The van der Waals surface area contributed by atoms with Gasteiger partial charge >= 0.3 is 6.03 Å². The monoisotopic (exact) mass is 548 g/mol. The van der Waals surface area contributed by atoms with Crippen LogP contribution in [-0.2, 0) is 13.0 Å². The van der Waals surface area contributed by atoms with Gasteiger partial charge in [0.1, 0.15) is 12.4 Å². The number of rotatable bonds is 11. The highest BCUT2D eigenvalue weighted by Gasteiger charge is 2.15. The van der Waals surface area contributed by atoms with Gasteiger partial charge < -0.3 is 30.8 Å². The van der Waals surface area contributed by atoms with Crippen LogP contribution in [0.3, 0.4) is 0 Å². The lowest BCUT2D eigenvalue weighted by Gasteiger charge is -2.17. The molecule has 0 fully saturated rings. The number of hydrogen-bond donors (Lipinski definition) is 5. The van der Waals surface area contributed by atoms with Crippen molar-refractivity contribution >= 4 is 28.3 Å². The van der Waals surface area contributed by atoms with Crippen molar-refractivity contribution in [1.82, 2.24) is 10.3 Å². The number of ether oxygens (including phenoxy) is 1. The fourth-order valence-electron chi connectivity index (χ4n) is 4.60. The number of pyridine rings is 1. The van der Waals surface area contributed by atoms with E-state index in [1.165, 1.54) is 6.07 Å². The number of anilines is 2. The Labute approximate surface area is 238 Å². The Hall–Kier alpha value is -4.92. The molecule has 0 bridgehead atoms. The smallest absolute Gasteiger partial charge is 0.323 e. The number of aliphatic hydroxyl groups excluding tert-OH is 1. The molecular formula is C33H32N4O4. The summed E-state index contributed by atoms with van der Waals surface area (Å²) >= 11 is 0. The number of aliphatic hydroxyl groups is 1. The molecule has 1 atom stereocenters. The summed E-state index contributed by atoms with van der Waals surface area (Å²) < 4.78 is 6.01. The first-order chi connectivity index (χ1) is 20.0. The summed E-state index contributed by atoms with van der Waals surface area (Å²) in [7, 11) is 0. The third-order valence-corrected chi connectivity index (χ3v) is 6.63. The average molecular weight is 549 g/mol. The van der Waals surface area contributed by atoms with Crippen LogP contribution in [0.1, 0.15) is 22.8 Å². The van der Waals surface area contributed by atoms with Crippen LogP contribution in [0.4, 0.5) is 16.2 Å². The maximum absolute atomic E-state index is 12.3. The lowest BCUT2D eigenvalue weighted by molar-refractivity contribution is 0.176. The zero-order valence-electron chi connectivity index (χ0n) is 22.5. The molecule has 2 amide bonds. The second-order valence-electron chi connectivity index (χ2n) is 9.65. The van der Waals surface area contributed by atoms with Crippen molar-refractivity contribution in [2.24, 2.45) is 0 Å². The van der Waals surface area contributed by atoms with Crippen LogP contribution in [0, 0.1) is 0 Å². The van der Waals surface area contributed by atoms with Crippen molar-refractivity contribution in [2.45, 2.75) is 19.1 Å². The quantitative estimate of drug-likeness (QED) is 0.138. The van der Waals surface area contributed by atoms with E-state index in [4.69, 9.17) is 4.74 Å². The molecule has 0 aliphatic carbocycles. The van der Waals surface area contributed by atoms with Crippen molar-refractivity contribution in [3.05, 3.63) is 136 Å². The first-order valence-corrected chi connectivity index (χ1v) is 13.5. The summed E-state index contributed by atoms with van der Waals surface area (Å²) in [6.45, 7) is 1.32. The normalized spacial score (nSPS) is 11.6. The lowest BCUT2D eigenvalue weighted by atomic mass is 10.0. The molecule has 0 radical (unpaired) electrons. The van der Waals surface area contributed by atoms with E-state index in [-0.39, 0.29) is 11.6 Å². The van der Waals surface area contributed by atoms with Crippen molar-refractivity contribution in [2.75, 3.05) is 23.7 Å². The molecule has 5 aromatic rings. The molecule has 0 spiro atoms. The Balaban J connectivity index is 1.16. The summed E-state index contributed by atoms with van der Waals surface area (Å²) in [5.74, 6) is 0.552. The maximum atomic E-state index is 12.3. The van der Waals surface area contributed by atoms with Crippen molar-refractivity contribution in [1.29, 1.82) is 0 Å². The molecule has 4 aromatic carbocycles. The number of para-hydroxylation sites is 1. The van der Waals surface area contributed by atoms with Gasteiger partial charge in [-0.25, -0.2) is 4.79 Å². The van der Waals surface area contributed by atoms with E-state index in [1.54, 1.807) is 12.1 Å². The van der Waals surface area contributed by atoms with Gasteiger partial charge in [-0.1, -0.05) is 66.7 Å². The van der Waals surface area contributed by atoms with Crippen LogP contribution in [0.5, 0.6) is 5.75 Å². The predicted octanol–water partition coefficient (Wildman–Crippen LogP) is 5.62. The van der Waals surface area contributed by atoms with Gasteiger partial charge in [0.15, 0.2) is 0 Å².